The van der Waals surface area contributed by atoms with Crippen molar-refractivity contribution in [2.45, 2.75) is 19.5 Å². The first-order valence-electron chi connectivity index (χ1n) is 12.0. The molecule has 0 unspecified atom stereocenters. The molecule has 3 aromatic carbocycles. The molecule has 37 heavy (non-hydrogen) atoms. The first-order chi connectivity index (χ1) is 17.7. The summed E-state index contributed by atoms with van der Waals surface area (Å²) in [7, 11) is 1.60. The normalized spacial score (nSPS) is 15.5. The molecule has 1 saturated heterocycles. The van der Waals surface area contributed by atoms with Gasteiger partial charge in [-0.1, -0.05) is 6.07 Å². The van der Waals surface area contributed by atoms with Crippen molar-refractivity contribution < 1.29 is 27.4 Å². The first-order valence-corrected chi connectivity index (χ1v) is 12.0. The van der Waals surface area contributed by atoms with Crippen LogP contribution >= 0.6 is 0 Å². The Morgan fingerprint density at radius 1 is 0.946 bits per heavy atom. The molecule has 0 aromatic heterocycles. The molecule has 1 amide bonds. The van der Waals surface area contributed by atoms with Gasteiger partial charge in [0.25, 0.3) is 5.91 Å². The first kappa shape index (κ1) is 24.7. The number of carbonyl (C=O) groups excluding carboxylic acids is 1. The van der Waals surface area contributed by atoms with Gasteiger partial charge >= 0.3 is 6.18 Å². The lowest BCUT2D eigenvalue weighted by atomic mass is 10.1. The molecule has 192 valence electrons. The lowest BCUT2D eigenvalue weighted by Crippen LogP contribution is -2.37. The van der Waals surface area contributed by atoms with Crippen LogP contribution in [0.2, 0.25) is 0 Å². The van der Waals surface area contributed by atoms with Crippen LogP contribution < -0.4 is 9.47 Å². The van der Waals surface area contributed by atoms with E-state index >= 15 is 0 Å². The molecule has 6 nitrogen and oxygen atoms in total. The maximum absolute atomic E-state index is 13.1. The van der Waals surface area contributed by atoms with Gasteiger partial charge in [0.15, 0.2) is 5.75 Å². The molecular formula is C28H26F3N3O3. The van der Waals surface area contributed by atoms with Crippen LogP contribution in [0.25, 0.3) is 0 Å². The predicted molar refractivity (Wildman–Crippen MR) is 134 cm³/mol. The van der Waals surface area contributed by atoms with E-state index in [1.165, 1.54) is 12.1 Å². The number of fused-ring (bicyclic) bond motifs is 2. The zero-order valence-corrected chi connectivity index (χ0v) is 20.5. The lowest BCUT2D eigenvalue weighted by Gasteiger charge is -2.25. The Morgan fingerprint density at radius 2 is 1.73 bits per heavy atom. The molecular weight excluding hydrogens is 483 g/mol. The van der Waals surface area contributed by atoms with Crippen LogP contribution in [0.15, 0.2) is 65.7 Å². The molecule has 0 N–H and O–H groups in total. The number of aliphatic imine (C=N–C) groups is 1. The molecule has 1 fully saturated rings. The summed E-state index contributed by atoms with van der Waals surface area (Å²) in [6.07, 6.45) is -3.76. The second-order valence-electron chi connectivity index (χ2n) is 9.08. The molecule has 0 spiro atoms. The number of carbonyl (C=O) groups is 1. The molecule has 9 heteroatoms. The average molecular weight is 510 g/mol. The Bertz CT molecular complexity index is 1350. The van der Waals surface area contributed by atoms with Gasteiger partial charge in [-0.3, -0.25) is 4.79 Å². The molecule has 0 bridgehead atoms. The van der Waals surface area contributed by atoms with Crippen molar-refractivity contribution in [1.29, 1.82) is 0 Å². The van der Waals surface area contributed by atoms with Gasteiger partial charge in [0.2, 0.25) is 0 Å². The van der Waals surface area contributed by atoms with Crippen molar-refractivity contribution in [3.8, 4) is 17.2 Å². The zero-order chi connectivity index (χ0) is 26.2. The minimum Gasteiger partial charge on any atom is -0.497 e. The number of nitrogens with zero attached hydrogens (tertiary/aromatic N) is 3. The van der Waals surface area contributed by atoms with E-state index in [1.807, 2.05) is 43.3 Å². The summed E-state index contributed by atoms with van der Waals surface area (Å²) in [5.74, 6) is 2.40. The van der Waals surface area contributed by atoms with Gasteiger partial charge in [0.1, 0.15) is 23.0 Å². The monoisotopic (exact) mass is 509 g/mol. The van der Waals surface area contributed by atoms with Crippen LogP contribution in [0.3, 0.4) is 0 Å². The van der Waals surface area contributed by atoms with Crippen molar-refractivity contribution >= 4 is 17.4 Å². The number of hydrogen-bond donors (Lipinski definition) is 0. The van der Waals surface area contributed by atoms with Gasteiger partial charge in [-0.15, -0.1) is 0 Å². The van der Waals surface area contributed by atoms with E-state index in [0.29, 0.717) is 55.5 Å². The number of methoxy groups -OCH3 is 1. The highest BCUT2D eigenvalue weighted by Crippen LogP contribution is 2.40. The Balaban J connectivity index is 1.41. The standard InChI is InChI=1S/C28H26F3N3O3/c1-18-4-11-23-25(16-18)37-24-17-21(36-2)9-10-22(24)26(32-23)33-12-3-13-34(15-14-33)27(35)19-5-7-20(8-6-19)28(29,30)31/h4-11,16-17H,3,12-15H2,1-2H3. The highest BCUT2D eigenvalue weighted by Gasteiger charge is 2.31. The minimum absolute atomic E-state index is 0.239. The van der Waals surface area contributed by atoms with Crippen molar-refractivity contribution in [2.75, 3.05) is 33.3 Å². The van der Waals surface area contributed by atoms with E-state index < -0.39 is 11.7 Å². The number of rotatable bonds is 2. The minimum atomic E-state index is -4.44. The zero-order valence-electron chi connectivity index (χ0n) is 20.5. The fraction of sp³-hybridized carbons (Fsp3) is 0.286. The largest absolute Gasteiger partial charge is 0.497 e. The van der Waals surface area contributed by atoms with Crippen molar-refractivity contribution in [3.63, 3.8) is 0 Å². The van der Waals surface area contributed by atoms with Gasteiger partial charge < -0.3 is 19.3 Å². The van der Waals surface area contributed by atoms with E-state index in [0.717, 1.165) is 29.1 Å². The second-order valence-corrected chi connectivity index (χ2v) is 9.08. The lowest BCUT2D eigenvalue weighted by molar-refractivity contribution is -0.137. The molecule has 0 atom stereocenters. The second kappa shape index (κ2) is 9.80. The number of aryl methyl sites for hydroxylation is 1. The molecule has 3 aromatic rings. The van der Waals surface area contributed by atoms with Crippen molar-refractivity contribution in [2.24, 2.45) is 4.99 Å². The Morgan fingerprint density at radius 3 is 2.46 bits per heavy atom. The number of ether oxygens (including phenoxy) is 2. The Labute approximate surface area is 212 Å². The van der Waals surface area contributed by atoms with E-state index in [1.54, 1.807) is 12.0 Å². The van der Waals surface area contributed by atoms with Crippen LogP contribution in [0.5, 0.6) is 17.2 Å². The quantitative estimate of drug-likeness (QED) is 0.422. The van der Waals surface area contributed by atoms with Gasteiger partial charge in [0.05, 0.1) is 18.2 Å². The summed E-state index contributed by atoms with van der Waals surface area (Å²) in [5, 5.41) is 0. The maximum Gasteiger partial charge on any atom is 0.416 e. The molecule has 0 radical (unpaired) electrons. The number of amides is 1. The molecule has 0 saturated carbocycles. The van der Waals surface area contributed by atoms with Gasteiger partial charge in [0, 0.05) is 37.8 Å². The fourth-order valence-electron chi connectivity index (χ4n) is 4.54. The van der Waals surface area contributed by atoms with Crippen LogP contribution in [-0.4, -0.2) is 54.8 Å². The molecule has 0 aliphatic carbocycles. The average Bonchev–Trinajstić information content (AvgIpc) is 3.22. The summed E-state index contributed by atoms with van der Waals surface area (Å²) < 4.78 is 50.4. The highest BCUT2D eigenvalue weighted by molar-refractivity contribution is 6.04. The summed E-state index contributed by atoms with van der Waals surface area (Å²) in [4.78, 5) is 21.9. The predicted octanol–water partition coefficient (Wildman–Crippen LogP) is 6.05. The number of hydrogen-bond acceptors (Lipinski definition) is 5. The van der Waals surface area contributed by atoms with Crippen LogP contribution in [-0.2, 0) is 6.18 Å². The molecule has 2 aliphatic rings. The van der Waals surface area contributed by atoms with Crippen LogP contribution in [0, 0.1) is 6.92 Å². The van der Waals surface area contributed by atoms with Crippen LogP contribution in [0.1, 0.15) is 33.5 Å². The summed E-state index contributed by atoms with van der Waals surface area (Å²) >= 11 is 0. The number of amidine groups is 1. The summed E-state index contributed by atoms with van der Waals surface area (Å²) in [5.41, 5.74) is 2.04. The number of halogens is 3. The van der Waals surface area contributed by atoms with Crippen molar-refractivity contribution in [1.82, 2.24) is 9.80 Å². The van der Waals surface area contributed by atoms with E-state index in [9.17, 15) is 18.0 Å². The SMILES string of the molecule is COc1ccc2c(c1)Oc1cc(C)ccc1N=C2N1CCCN(C(=O)c2ccc(C(F)(F)F)cc2)CC1. The molecule has 2 aliphatic heterocycles. The summed E-state index contributed by atoms with van der Waals surface area (Å²) in [6.45, 7) is 4.06. The van der Waals surface area contributed by atoms with E-state index in [-0.39, 0.29) is 11.5 Å². The third-order valence-corrected chi connectivity index (χ3v) is 6.53. The fourth-order valence-corrected chi connectivity index (χ4v) is 4.54. The smallest absolute Gasteiger partial charge is 0.416 e. The third-order valence-electron chi connectivity index (χ3n) is 6.53. The number of benzene rings is 3. The third kappa shape index (κ3) is 5.12. The Hall–Kier alpha value is -4.01. The highest BCUT2D eigenvalue weighted by atomic mass is 19.4. The molecule has 5 rings (SSSR count). The molecule has 2 heterocycles. The van der Waals surface area contributed by atoms with E-state index in [4.69, 9.17) is 14.5 Å². The van der Waals surface area contributed by atoms with Crippen LogP contribution in [0.4, 0.5) is 18.9 Å². The topological polar surface area (TPSA) is 54.4 Å². The van der Waals surface area contributed by atoms with Gasteiger partial charge in [-0.25, -0.2) is 4.99 Å². The number of alkyl halides is 3. The van der Waals surface area contributed by atoms with E-state index in [2.05, 4.69) is 4.90 Å². The summed E-state index contributed by atoms with van der Waals surface area (Å²) in [6, 6.07) is 15.8. The van der Waals surface area contributed by atoms with Gasteiger partial charge in [-0.2, -0.15) is 13.2 Å². The Kier molecular flexibility index (Phi) is 6.54. The van der Waals surface area contributed by atoms with Gasteiger partial charge in [-0.05, 0) is 67.4 Å². The van der Waals surface area contributed by atoms with Crippen molar-refractivity contribution in [3.05, 3.63) is 82.9 Å². The maximum atomic E-state index is 13.1.